The maximum absolute atomic E-state index is 13.8. The Morgan fingerprint density at radius 1 is 0.909 bits per heavy atom. The fourth-order valence-electron chi connectivity index (χ4n) is 3.05. The van der Waals surface area contributed by atoms with Gasteiger partial charge in [-0.25, -0.2) is 0 Å². The number of nitrogens with zero attached hydrogens (tertiary/aromatic N) is 5. The Labute approximate surface area is 204 Å². The molecule has 0 fully saturated rings. The number of hydrogen-bond acceptors (Lipinski definition) is 3. The first-order chi connectivity index (χ1) is 15.5. The van der Waals surface area contributed by atoms with E-state index in [0.29, 0.717) is 5.82 Å². The van der Waals surface area contributed by atoms with Gasteiger partial charge in [0, 0.05) is 62.3 Å². The Bertz CT molecular complexity index is 1320. The minimum atomic E-state index is -0.677. The zero-order chi connectivity index (χ0) is 22.5. The largest absolute Gasteiger partial charge is 0.415 e. The van der Waals surface area contributed by atoms with E-state index in [-0.39, 0.29) is 25.7 Å². The van der Waals surface area contributed by atoms with Crippen LogP contribution in [0.2, 0.25) is 0 Å². The number of pyridine rings is 1. The second kappa shape index (κ2) is 10.9. The van der Waals surface area contributed by atoms with E-state index < -0.39 is 11.6 Å². The summed E-state index contributed by atoms with van der Waals surface area (Å²) < 4.78 is 30.3. The summed E-state index contributed by atoms with van der Waals surface area (Å²) in [7, 11) is 0. The van der Waals surface area contributed by atoms with Crippen molar-refractivity contribution >= 4 is 0 Å². The normalized spacial score (nSPS) is 10.2. The smallest absolute Gasteiger partial charge is 0.0630 e. The minimum Gasteiger partial charge on any atom is -0.415 e. The molecule has 0 saturated carbocycles. The van der Waals surface area contributed by atoms with Crippen LogP contribution in [-0.4, -0.2) is 24.1 Å². The van der Waals surface area contributed by atoms with Gasteiger partial charge in [-0.05, 0) is 18.2 Å². The van der Waals surface area contributed by atoms with E-state index in [2.05, 4.69) is 27.3 Å². The van der Waals surface area contributed by atoms with Crippen molar-refractivity contribution in [3.8, 4) is 22.9 Å². The Balaban J connectivity index is 0.000000192. The van der Waals surface area contributed by atoms with Crippen molar-refractivity contribution in [1.29, 1.82) is 0 Å². The summed E-state index contributed by atoms with van der Waals surface area (Å²) in [5.41, 5.74) is 3.08. The molecular weight excluding hydrogens is 601 g/mol. The molecule has 0 aliphatic heterocycles. The number of para-hydroxylation sites is 1. The molecule has 0 N–H and O–H groups in total. The van der Waals surface area contributed by atoms with Gasteiger partial charge >= 0.3 is 0 Å². The van der Waals surface area contributed by atoms with Gasteiger partial charge in [0.25, 0.3) is 0 Å². The molecule has 3 heterocycles. The van der Waals surface area contributed by atoms with Gasteiger partial charge in [-0.15, -0.1) is 12.1 Å². The van der Waals surface area contributed by atoms with Crippen LogP contribution in [0, 0.1) is 37.9 Å². The quantitative estimate of drug-likeness (QED) is 0.258. The monoisotopic (exact) mass is 620 g/mol. The second-order valence-electron chi connectivity index (χ2n) is 6.90. The number of imidazole rings is 2. The minimum absolute atomic E-state index is 0. The molecule has 0 aliphatic carbocycles. The molecule has 3 aromatic heterocycles. The Hall–Kier alpha value is -3.48. The molecule has 5 rings (SSSR count). The number of hydrogen-bond donors (Lipinski definition) is 0. The van der Waals surface area contributed by atoms with Crippen molar-refractivity contribution < 1.29 is 28.9 Å². The fourth-order valence-corrected chi connectivity index (χ4v) is 3.05. The van der Waals surface area contributed by atoms with Gasteiger partial charge in [-0.1, -0.05) is 67.2 Å². The van der Waals surface area contributed by atoms with Gasteiger partial charge in [0.1, 0.15) is 0 Å². The number of aryl methyl sites for hydroxylation is 1. The summed E-state index contributed by atoms with van der Waals surface area (Å²) in [6.45, 7) is 3.97. The molecule has 0 amide bonds. The molecule has 33 heavy (non-hydrogen) atoms. The van der Waals surface area contributed by atoms with Crippen LogP contribution in [0.25, 0.3) is 22.9 Å². The zero-order valence-corrected chi connectivity index (χ0v) is 20.2. The average Bonchev–Trinajstić information content (AvgIpc) is 3.43. The van der Waals surface area contributed by atoms with Gasteiger partial charge in [-0.2, -0.15) is 0 Å². The summed E-state index contributed by atoms with van der Waals surface area (Å²) in [6.07, 6.45) is 7.95. The topological polar surface area (TPSA) is 48.5 Å². The third-order valence-corrected chi connectivity index (χ3v) is 4.81. The van der Waals surface area contributed by atoms with Gasteiger partial charge in [0.2, 0.25) is 0 Å². The van der Waals surface area contributed by atoms with E-state index in [1.807, 2.05) is 66.9 Å². The first-order valence-corrected chi connectivity index (χ1v) is 9.85. The van der Waals surface area contributed by atoms with E-state index in [4.69, 9.17) is 0 Å². The predicted molar refractivity (Wildman–Crippen MR) is 117 cm³/mol. The maximum Gasteiger partial charge on any atom is 0.0630 e. The SMILES string of the molecule is Cc1n[c-]n(-c2ccccn2)c1C.Fc1c[c-]c(-c2nccn2-c2ccccc2)c(F)c1.[Ir]. The molecule has 1 radical (unpaired) electrons. The van der Waals surface area contributed by atoms with Crippen molar-refractivity contribution in [3.05, 3.63) is 115 Å². The summed E-state index contributed by atoms with van der Waals surface area (Å²) in [6, 6.07) is 19.7. The summed E-state index contributed by atoms with van der Waals surface area (Å²) >= 11 is 0. The molecule has 0 spiro atoms. The Morgan fingerprint density at radius 2 is 1.67 bits per heavy atom. The van der Waals surface area contributed by atoms with Crippen molar-refractivity contribution in [3.63, 3.8) is 0 Å². The average molecular weight is 620 g/mol. The van der Waals surface area contributed by atoms with Crippen LogP contribution >= 0.6 is 0 Å². The summed E-state index contributed by atoms with van der Waals surface area (Å²) in [5.74, 6) is -0.0771. The number of benzene rings is 2. The van der Waals surface area contributed by atoms with E-state index in [0.717, 1.165) is 35.0 Å². The van der Waals surface area contributed by atoms with E-state index in [1.165, 1.54) is 0 Å². The van der Waals surface area contributed by atoms with Crippen LogP contribution in [0.15, 0.2) is 79.3 Å². The third-order valence-electron chi connectivity index (χ3n) is 4.81. The van der Waals surface area contributed by atoms with Gasteiger partial charge in [0.05, 0.1) is 11.6 Å². The van der Waals surface area contributed by atoms with Crippen molar-refractivity contribution in [2.45, 2.75) is 13.8 Å². The van der Waals surface area contributed by atoms with Crippen LogP contribution in [-0.2, 0) is 20.1 Å². The van der Waals surface area contributed by atoms with E-state index >= 15 is 0 Å². The number of halogens is 2. The predicted octanol–water partition coefficient (Wildman–Crippen LogP) is 5.30. The standard InChI is InChI=1S/C15H9F2N2.C10H10N3.Ir/c16-11-6-7-13(14(17)10-11)15-18-8-9-19(15)12-4-2-1-3-5-12;1-8-9(2)13(7-12-8)10-5-3-4-6-11-10;/h1-6,8-10H;3-6H,1-2H3;/q2*-1;. The van der Waals surface area contributed by atoms with E-state index in [1.54, 1.807) is 23.2 Å². The van der Waals surface area contributed by atoms with Gasteiger partial charge in [0.15, 0.2) is 0 Å². The number of aromatic nitrogens is 5. The molecule has 2 aromatic carbocycles. The van der Waals surface area contributed by atoms with Crippen LogP contribution < -0.4 is 0 Å². The van der Waals surface area contributed by atoms with Crippen LogP contribution in [0.4, 0.5) is 8.78 Å². The molecular formula is C25H19F2IrN5-2. The van der Waals surface area contributed by atoms with Gasteiger partial charge < -0.3 is 14.1 Å². The Kier molecular flexibility index (Phi) is 7.98. The molecule has 0 saturated heterocycles. The third kappa shape index (κ3) is 5.48. The second-order valence-corrected chi connectivity index (χ2v) is 6.90. The first-order valence-electron chi connectivity index (χ1n) is 9.85. The van der Waals surface area contributed by atoms with Crippen LogP contribution in [0.1, 0.15) is 11.4 Å². The molecule has 0 atom stereocenters. The van der Waals surface area contributed by atoms with Crippen molar-refractivity contribution in [2.24, 2.45) is 0 Å². The summed E-state index contributed by atoms with van der Waals surface area (Å²) in [4.78, 5) is 12.4. The first kappa shape index (κ1) is 24.2. The van der Waals surface area contributed by atoms with Crippen molar-refractivity contribution in [1.82, 2.24) is 24.1 Å². The molecule has 169 valence electrons. The van der Waals surface area contributed by atoms with Gasteiger partial charge in [-0.3, -0.25) is 18.7 Å². The Morgan fingerprint density at radius 3 is 2.30 bits per heavy atom. The van der Waals surface area contributed by atoms with Crippen LogP contribution in [0.3, 0.4) is 0 Å². The maximum atomic E-state index is 13.8. The number of rotatable bonds is 3. The molecule has 0 aliphatic rings. The summed E-state index contributed by atoms with van der Waals surface area (Å²) in [5, 5.41) is 0. The molecule has 0 bridgehead atoms. The fraction of sp³-hybridized carbons (Fsp3) is 0.0800. The zero-order valence-electron chi connectivity index (χ0n) is 17.8. The van der Waals surface area contributed by atoms with Crippen molar-refractivity contribution in [2.75, 3.05) is 0 Å². The van der Waals surface area contributed by atoms with E-state index in [9.17, 15) is 8.78 Å². The molecule has 5 nitrogen and oxygen atoms in total. The molecule has 0 unspecified atom stereocenters. The van der Waals surface area contributed by atoms with Crippen LogP contribution in [0.5, 0.6) is 0 Å². The molecule has 5 aromatic rings. The molecule has 8 heteroatoms.